The molecule has 1 aliphatic rings. The standard InChI is InChI=1S/C14H19N5O3S2/c1-19-9-11(8-16-19)18-24(21,22)12-4-6-23-13(12)14(20)17-10-3-2-5-15-7-10/h4,6,8-10,15,18H,2-3,5,7H2,1H3,(H,17,20)/t10-/m0/s1. The van der Waals surface area contributed by atoms with E-state index in [1.54, 1.807) is 18.6 Å². The minimum absolute atomic E-state index is 0.0161. The van der Waals surface area contributed by atoms with Crippen LogP contribution in [0.5, 0.6) is 0 Å². The number of carbonyl (C=O) groups excluding carboxylic acids is 1. The van der Waals surface area contributed by atoms with Crippen molar-refractivity contribution in [2.75, 3.05) is 17.8 Å². The highest BCUT2D eigenvalue weighted by atomic mass is 32.2. The summed E-state index contributed by atoms with van der Waals surface area (Å²) >= 11 is 1.12. The van der Waals surface area contributed by atoms with E-state index in [-0.39, 0.29) is 21.7 Å². The number of nitrogens with zero attached hydrogens (tertiary/aromatic N) is 2. The molecule has 1 aliphatic heterocycles. The molecule has 1 fully saturated rings. The molecule has 24 heavy (non-hydrogen) atoms. The first-order chi connectivity index (χ1) is 11.5. The zero-order chi connectivity index (χ0) is 17.2. The molecule has 0 spiro atoms. The number of hydrogen-bond acceptors (Lipinski definition) is 6. The molecule has 2 aromatic rings. The number of nitrogens with one attached hydrogen (secondary N) is 3. The van der Waals surface area contributed by atoms with Crippen LogP contribution in [-0.2, 0) is 17.1 Å². The summed E-state index contributed by atoms with van der Waals surface area (Å²) in [6.07, 6.45) is 4.85. The first-order valence-corrected chi connectivity index (χ1v) is 9.92. The number of piperidine rings is 1. The minimum atomic E-state index is -3.84. The maximum Gasteiger partial charge on any atom is 0.263 e. The van der Waals surface area contributed by atoms with Crippen molar-refractivity contribution in [2.45, 2.75) is 23.8 Å². The van der Waals surface area contributed by atoms with Gasteiger partial charge in [-0.25, -0.2) is 8.42 Å². The number of anilines is 1. The fraction of sp³-hybridized carbons (Fsp3) is 0.429. The molecule has 0 radical (unpaired) electrons. The molecular formula is C14H19N5O3S2. The topological polar surface area (TPSA) is 105 Å². The SMILES string of the molecule is Cn1cc(NS(=O)(=O)c2ccsc2C(=O)N[C@H]2CCCNC2)cn1. The number of sulfonamides is 1. The zero-order valence-corrected chi connectivity index (χ0v) is 14.8. The van der Waals surface area contributed by atoms with Gasteiger partial charge in [0, 0.05) is 25.8 Å². The van der Waals surface area contributed by atoms with Crippen molar-refractivity contribution in [1.29, 1.82) is 0 Å². The van der Waals surface area contributed by atoms with Gasteiger partial charge >= 0.3 is 0 Å². The van der Waals surface area contributed by atoms with Crippen molar-refractivity contribution < 1.29 is 13.2 Å². The Morgan fingerprint density at radius 3 is 3.00 bits per heavy atom. The molecule has 0 saturated carbocycles. The van der Waals surface area contributed by atoms with Gasteiger partial charge in [0.15, 0.2) is 0 Å². The van der Waals surface area contributed by atoms with Crippen LogP contribution < -0.4 is 15.4 Å². The number of amides is 1. The molecule has 1 saturated heterocycles. The summed E-state index contributed by atoms with van der Waals surface area (Å²) in [7, 11) is -2.15. The van der Waals surface area contributed by atoms with Crippen LogP contribution in [0.3, 0.4) is 0 Å². The number of aryl methyl sites for hydroxylation is 1. The Kier molecular flexibility index (Phi) is 4.88. The third-order valence-electron chi connectivity index (χ3n) is 3.71. The van der Waals surface area contributed by atoms with Crippen LogP contribution >= 0.6 is 11.3 Å². The van der Waals surface area contributed by atoms with Crippen LogP contribution in [0, 0.1) is 0 Å². The molecule has 130 valence electrons. The normalized spacial score (nSPS) is 18.3. The fourth-order valence-electron chi connectivity index (χ4n) is 2.58. The Labute approximate surface area is 144 Å². The van der Waals surface area contributed by atoms with E-state index in [1.807, 2.05) is 0 Å². The Balaban J connectivity index is 1.77. The largest absolute Gasteiger partial charge is 0.347 e. The lowest BCUT2D eigenvalue weighted by Gasteiger charge is -2.23. The molecule has 3 rings (SSSR count). The van der Waals surface area contributed by atoms with Crippen molar-refractivity contribution in [2.24, 2.45) is 7.05 Å². The molecule has 3 N–H and O–H groups in total. The van der Waals surface area contributed by atoms with E-state index in [1.165, 1.54) is 16.9 Å². The van der Waals surface area contributed by atoms with E-state index in [0.717, 1.165) is 30.7 Å². The number of rotatable bonds is 5. The highest BCUT2D eigenvalue weighted by Crippen LogP contribution is 2.24. The molecule has 2 aromatic heterocycles. The van der Waals surface area contributed by atoms with Gasteiger partial charge < -0.3 is 10.6 Å². The Hall–Kier alpha value is -1.91. The lowest BCUT2D eigenvalue weighted by atomic mass is 10.1. The summed E-state index contributed by atoms with van der Waals surface area (Å²) < 4.78 is 29.1. The van der Waals surface area contributed by atoms with Gasteiger partial charge in [0.25, 0.3) is 15.9 Å². The maximum absolute atomic E-state index is 12.6. The van der Waals surface area contributed by atoms with Crippen molar-refractivity contribution in [3.63, 3.8) is 0 Å². The Morgan fingerprint density at radius 1 is 1.50 bits per heavy atom. The summed E-state index contributed by atoms with van der Waals surface area (Å²) in [4.78, 5) is 12.6. The number of aromatic nitrogens is 2. The second-order valence-electron chi connectivity index (χ2n) is 5.64. The quantitative estimate of drug-likeness (QED) is 0.722. The van der Waals surface area contributed by atoms with Gasteiger partial charge in [0.1, 0.15) is 9.77 Å². The van der Waals surface area contributed by atoms with E-state index in [9.17, 15) is 13.2 Å². The van der Waals surface area contributed by atoms with Crippen LogP contribution in [-0.4, -0.2) is 43.2 Å². The van der Waals surface area contributed by atoms with Crippen LogP contribution in [0.1, 0.15) is 22.5 Å². The average molecular weight is 369 g/mol. The maximum atomic E-state index is 12.6. The lowest BCUT2D eigenvalue weighted by Crippen LogP contribution is -2.45. The van der Waals surface area contributed by atoms with Gasteiger partial charge in [-0.2, -0.15) is 5.10 Å². The van der Waals surface area contributed by atoms with Crippen LogP contribution in [0.25, 0.3) is 0 Å². The van der Waals surface area contributed by atoms with E-state index >= 15 is 0 Å². The molecule has 0 bridgehead atoms. The second kappa shape index (κ2) is 6.91. The average Bonchev–Trinajstić information content (AvgIpc) is 3.17. The van der Waals surface area contributed by atoms with Crippen molar-refractivity contribution >= 4 is 33.0 Å². The van der Waals surface area contributed by atoms with E-state index < -0.39 is 10.0 Å². The van der Waals surface area contributed by atoms with Gasteiger partial charge in [0.05, 0.1) is 11.9 Å². The smallest absolute Gasteiger partial charge is 0.263 e. The first kappa shape index (κ1) is 16.9. The summed E-state index contributed by atoms with van der Waals surface area (Å²) in [5.74, 6) is -0.356. The first-order valence-electron chi connectivity index (χ1n) is 7.56. The summed E-state index contributed by atoms with van der Waals surface area (Å²) in [6.45, 7) is 1.65. The van der Waals surface area contributed by atoms with Gasteiger partial charge in [-0.3, -0.25) is 14.2 Å². The van der Waals surface area contributed by atoms with E-state index in [0.29, 0.717) is 12.2 Å². The third-order valence-corrected chi connectivity index (χ3v) is 6.18. The predicted molar refractivity (Wildman–Crippen MR) is 91.7 cm³/mol. The zero-order valence-electron chi connectivity index (χ0n) is 13.2. The van der Waals surface area contributed by atoms with Crippen molar-refractivity contribution in [3.05, 3.63) is 28.7 Å². The Morgan fingerprint density at radius 2 is 2.33 bits per heavy atom. The van der Waals surface area contributed by atoms with Gasteiger partial charge in [0.2, 0.25) is 0 Å². The number of carbonyl (C=O) groups is 1. The second-order valence-corrected chi connectivity index (χ2v) is 8.21. The van der Waals surface area contributed by atoms with Crippen molar-refractivity contribution in [1.82, 2.24) is 20.4 Å². The predicted octanol–water partition coefficient (Wildman–Crippen LogP) is 0.764. The third kappa shape index (κ3) is 3.77. The highest BCUT2D eigenvalue weighted by Gasteiger charge is 2.26. The van der Waals surface area contributed by atoms with Crippen LogP contribution in [0.4, 0.5) is 5.69 Å². The molecule has 0 aliphatic carbocycles. The van der Waals surface area contributed by atoms with Crippen LogP contribution in [0.15, 0.2) is 28.7 Å². The van der Waals surface area contributed by atoms with Gasteiger partial charge in [-0.1, -0.05) is 0 Å². The summed E-state index contributed by atoms with van der Waals surface area (Å²) in [6, 6.07) is 1.47. The van der Waals surface area contributed by atoms with Gasteiger partial charge in [-0.15, -0.1) is 11.3 Å². The summed E-state index contributed by atoms with van der Waals surface area (Å²) in [5, 5.41) is 11.6. The van der Waals surface area contributed by atoms with Crippen LogP contribution in [0.2, 0.25) is 0 Å². The molecule has 1 amide bonds. The molecule has 8 nitrogen and oxygen atoms in total. The fourth-order valence-corrected chi connectivity index (χ4v) is 4.94. The van der Waals surface area contributed by atoms with Crippen molar-refractivity contribution in [3.8, 4) is 0 Å². The molecule has 0 aromatic carbocycles. The van der Waals surface area contributed by atoms with E-state index in [4.69, 9.17) is 0 Å². The molecule has 0 unspecified atom stereocenters. The summed E-state index contributed by atoms with van der Waals surface area (Å²) in [5.41, 5.74) is 0.353. The Bertz CT molecular complexity index is 821. The molecule has 1 atom stereocenters. The molecular weight excluding hydrogens is 350 g/mol. The molecule has 3 heterocycles. The van der Waals surface area contributed by atoms with E-state index in [2.05, 4.69) is 20.5 Å². The monoisotopic (exact) mass is 369 g/mol. The highest BCUT2D eigenvalue weighted by molar-refractivity contribution is 7.93. The molecule has 10 heteroatoms. The number of thiophene rings is 1. The minimum Gasteiger partial charge on any atom is -0.347 e. The van der Waals surface area contributed by atoms with Gasteiger partial charge in [-0.05, 0) is 30.8 Å². The lowest BCUT2D eigenvalue weighted by molar-refractivity contribution is 0.0932. The number of hydrogen-bond donors (Lipinski definition) is 3.